The van der Waals surface area contributed by atoms with Crippen LogP contribution in [0.25, 0.3) is 16.6 Å². The number of nitrogens with one attached hydrogen (secondary N) is 1. The van der Waals surface area contributed by atoms with Crippen molar-refractivity contribution in [3.05, 3.63) is 89.6 Å². The Morgan fingerprint density at radius 3 is 2.32 bits per heavy atom. The number of carbonyl (C=O) groups is 1. The van der Waals surface area contributed by atoms with E-state index >= 15 is 0 Å². The standard InChI is InChI=1S/C20H14ClN3O/c21-14-10-12-16(13-11-14)24-18-9-5-4-8-17(18)19(23-24)20(25)22-15-6-2-1-3-7-15/h1-13H,(H,22,25). The quantitative estimate of drug-likeness (QED) is 0.571. The van der Waals surface area contributed by atoms with Gasteiger partial charge in [-0.15, -0.1) is 0 Å². The van der Waals surface area contributed by atoms with Crippen LogP contribution < -0.4 is 5.32 Å². The largest absolute Gasteiger partial charge is 0.321 e. The van der Waals surface area contributed by atoms with Crippen LogP contribution in [-0.2, 0) is 0 Å². The molecule has 0 saturated carbocycles. The minimum Gasteiger partial charge on any atom is -0.321 e. The molecule has 0 radical (unpaired) electrons. The molecule has 4 rings (SSSR count). The number of amides is 1. The lowest BCUT2D eigenvalue weighted by Crippen LogP contribution is -2.13. The first-order valence-corrected chi connectivity index (χ1v) is 8.20. The van der Waals surface area contributed by atoms with Gasteiger partial charge in [0.05, 0.1) is 11.2 Å². The van der Waals surface area contributed by atoms with E-state index in [0.29, 0.717) is 10.7 Å². The van der Waals surface area contributed by atoms with Crippen molar-refractivity contribution in [2.75, 3.05) is 5.32 Å². The van der Waals surface area contributed by atoms with Crippen molar-refractivity contribution in [1.29, 1.82) is 0 Å². The molecule has 1 amide bonds. The molecule has 1 heterocycles. The van der Waals surface area contributed by atoms with Crippen molar-refractivity contribution in [3.63, 3.8) is 0 Å². The van der Waals surface area contributed by atoms with Crippen LogP contribution in [0.4, 0.5) is 5.69 Å². The molecule has 0 spiro atoms. The highest BCUT2D eigenvalue weighted by atomic mass is 35.5. The van der Waals surface area contributed by atoms with E-state index in [1.54, 1.807) is 16.8 Å². The zero-order chi connectivity index (χ0) is 17.2. The van der Waals surface area contributed by atoms with Crippen LogP contribution in [0.3, 0.4) is 0 Å². The first-order chi connectivity index (χ1) is 12.2. The van der Waals surface area contributed by atoms with Crippen molar-refractivity contribution < 1.29 is 4.79 Å². The first kappa shape index (κ1) is 15.4. The maximum Gasteiger partial charge on any atom is 0.276 e. The number of benzene rings is 3. The van der Waals surface area contributed by atoms with Crippen LogP contribution in [0.5, 0.6) is 0 Å². The Labute approximate surface area is 149 Å². The number of para-hydroxylation sites is 2. The topological polar surface area (TPSA) is 46.9 Å². The zero-order valence-electron chi connectivity index (χ0n) is 13.2. The van der Waals surface area contributed by atoms with E-state index in [-0.39, 0.29) is 5.91 Å². The van der Waals surface area contributed by atoms with Gasteiger partial charge in [0, 0.05) is 16.1 Å². The van der Waals surface area contributed by atoms with Gasteiger partial charge < -0.3 is 5.32 Å². The van der Waals surface area contributed by atoms with E-state index in [9.17, 15) is 4.79 Å². The van der Waals surface area contributed by atoms with Gasteiger partial charge in [-0.2, -0.15) is 5.10 Å². The predicted molar refractivity (Wildman–Crippen MR) is 100 cm³/mol. The van der Waals surface area contributed by atoms with Gasteiger partial charge in [0.1, 0.15) is 0 Å². The zero-order valence-corrected chi connectivity index (χ0v) is 13.9. The fourth-order valence-corrected chi connectivity index (χ4v) is 2.85. The van der Waals surface area contributed by atoms with E-state index in [1.807, 2.05) is 66.7 Å². The highest BCUT2D eigenvalue weighted by molar-refractivity contribution is 6.30. The number of halogens is 1. The molecule has 4 nitrogen and oxygen atoms in total. The molecule has 0 aliphatic heterocycles. The van der Waals surface area contributed by atoms with Crippen molar-refractivity contribution in [3.8, 4) is 5.69 Å². The summed E-state index contributed by atoms with van der Waals surface area (Å²) in [7, 11) is 0. The lowest BCUT2D eigenvalue weighted by Gasteiger charge is -2.03. The van der Waals surface area contributed by atoms with Gasteiger partial charge in [0.15, 0.2) is 5.69 Å². The summed E-state index contributed by atoms with van der Waals surface area (Å²) in [6, 6.07) is 24.4. The van der Waals surface area contributed by atoms with Crippen LogP contribution in [-0.4, -0.2) is 15.7 Å². The third kappa shape index (κ3) is 2.99. The molecule has 0 unspecified atom stereocenters. The van der Waals surface area contributed by atoms with Crippen LogP contribution in [0.15, 0.2) is 78.9 Å². The molecule has 5 heteroatoms. The van der Waals surface area contributed by atoms with E-state index in [4.69, 9.17) is 11.6 Å². The summed E-state index contributed by atoms with van der Waals surface area (Å²) in [6.45, 7) is 0. The highest BCUT2D eigenvalue weighted by Crippen LogP contribution is 2.24. The van der Waals surface area contributed by atoms with Gasteiger partial charge in [0.25, 0.3) is 5.91 Å². The molecule has 1 N–H and O–H groups in total. The molecule has 0 atom stereocenters. The molecule has 122 valence electrons. The normalized spacial score (nSPS) is 10.8. The molecule has 0 aliphatic carbocycles. The van der Waals surface area contributed by atoms with E-state index in [1.165, 1.54) is 0 Å². The third-order valence-electron chi connectivity index (χ3n) is 3.91. The summed E-state index contributed by atoms with van der Waals surface area (Å²) in [5.41, 5.74) is 2.83. The van der Waals surface area contributed by atoms with Crippen molar-refractivity contribution in [2.24, 2.45) is 0 Å². The molecular weight excluding hydrogens is 334 g/mol. The lowest BCUT2D eigenvalue weighted by atomic mass is 10.2. The van der Waals surface area contributed by atoms with Gasteiger partial charge in [-0.25, -0.2) is 4.68 Å². The number of fused-ring (bicyclic) bond motifs is 1. The first-order valence-electron chi connectivity index (χ1n) is 7.82. The molecule has 1 aromatic heterocycles. The van der Waals surface area contributed by atoms with Gasteiger partial charge in [-0.1, -0.05) is 48.0 Å². The van der Waals surface area contributed by atoms with Gasteiger partial charge in [0.2, 0.25) is 0 Å². The lowest BCUT2D eigenvalue weighted by molar-refractivity contribution is 0.102. The van der Waals surface area contributed by atoms with Crippen LogP contribution in [0.1, 0.15) is 10.5 Å². The number of nitrogens with zero attached hydrogens (tertiary/aromatic N) is 2. The van der Waals surface area contributed by atoms with Gasteiger partial charge in [-0.05, 0) is 42.5 Å². The van der Waals surface area contributed by atoms with E-state index in [2.05, 4.69) is 10.4 Å². The summed E-state index contributed by atoms with van der Waals surface area (Å²) < 4.78 is 1.76. The third-order valence-corrected chi connectivity index (χ3v) is 4.16. The smallest absolute Gasteiger partial charge is 0.276 e. The van der Waals surface area contributed by atoms with Crippen LogP contribution in [0.2, 0.25) is 5.02 Å². The summed E-state index contributed by atoms with van der Waals surface area (Å²) in [6.07, 6.45) is 0. The Morgan fingerprint density at radius 2 is 1.56 bits per heavy atom. The van der Waals surface area contributed by atoms with Crippen molar-refractivity contribution in [1.82, 2.24) is 9.78 Å². The fraction of sp³-hybridized carbons (Fsp3) is 0. The second kappa shape index (κ2) is 6.42. The summed E-state index contributed by atoms with van der Waals surface area (Å²) in [5.74, 6) is -0.241. The Balaban J connectivity index is 1.79. The van der Waals surface area contributed by atoms with E-state index in [0.717, 1.165) is 22.3 Å². The Hall–Kier alpha value is -3.11. The van der Waals surface area contributed by atoms with Gasteiger partial charge >= 0.3 is 0 Å². The number of hydrogen-bond donors (Lipinski definition) is 1. The molecule has 0 aliphatic rings. The maximum absolute atomic E-state index is 12.7. The average Bonchev–Trinajstić information content (AvgIpc) is 3.03. The summed E-state index contributed by atoms with van der Waals surface area (Å²) in [4.78, 5) is 12.7. The Morgan fingerprint density at radius 1 is 0.880 bits per heavy atom. The Kier molecular flexibility index (Phi) is 3.96. The number of hydrogen-bond acceptors (Lipinski definition) is 2. The summed E-state index contributed by atoms with van der Waals surface area (Å²) in [5, 5.41) is 8.89. The minimum absolute atomic E-state index is 0.241. The van der Waals surface area contributed by atoms with Crippen molar-refractivity contribution in [2.45, 2.75) is 0 Å². The van der Waals surface area contributed by atoms with Crippen LogP contribution in [0, 0.1) is 0 Å². The molecular formula is C20H14ClN3O. The molecule has 0 fully saturated rings. The molecule has 4 aromatic rings. The summed E-state index contributed by atoms with van der Waals surface area (Å²) >= 11 is 5.97. The number of rotatable bonds is 3. The number of carbonyl (C=O) groups excluding carboxylic acids is 1. The highest BCUT2D eigenvalue weighted by Gasteiger charge is 2.17. The molecule has 25 heavy (non-hydrogen) atoms. The fourth-order valence-electron chi connectivity index (χ4n) is 2.72. The monoisotopic (exact) mass is 347 g/mol. The average molecular weight is 348 g/mol. The molecule has 3 aromatic carbocycles. The van der Waals surface area contributed by atoms with Gasteiger partial charge in [-0.3, -0.25) is 4.79 Å². The van der Waals surface area contributed by atoms with E-state index < -0.39 is 0 Å². The minimum atomic E-state index is -0.241. The number of anilines is 1. The second-order valence-electron chi connectivity index (χ2n) is 5.57. The maximum atomic E-state index is 12.7. The Bertz CT molecular complexity index is 1040. The second-order valence-corrected chi connectivity index (χ2v) is 6.01. The predicted octanol–water partition coefficient (Wildman–Crippen LogP) is 4.93. The SMILES string of the molecule is O=C(Nc1ccccc1)c1nn(-c2ccc(Cl)cc2)c2ccccc12. The molecule has 0 saturated heterocycles. The number of aromatic nitrogens is 2. The van der Waals surface area contributed by atoms with Crippen molar-refractivity contribution >= 4 is 34.1 Å². The molecule has 0 bridgehead atoms. The van der Waals surface area contributed by atoms with Crippen LogP contribution >= 0.6 is 11.6 Å².